The molecule has 1 amide bonds. The Kier molecular flexibility index (Phi) is 5.35. The molecular weight excluding hydrogens is 391 g/mol. The highest BCUT2D eigenvalue weighted by molar-refractivity contribution is 7.12. The second-order valence-electron chi connectivity index (χ2n) is 6.25. The van der Waals surface area contributed by atoms with Crippen LogP contribution in [0.5, 0.6) is 5.75 Å². The number of benzene rings is 2. The predicted octanol–water partition coefficient (Wildman–Crippen LogP) is 4.46. The Morgan fingerprint density at radius 3 is 2.69 bits per heavy atom. The molecule has 0 aliphatic heterocycles. The first-order valence-electron chi connectivity index (χ1n) is 8.85. The summed E-state index contributed by atoms with van der Waals surface area (Å²) in [6.07, 6.45) is 0. The number of aromatic nitrogens is 3. The van der Waals surface area contributed by atoms with Crippen molar-refractivity contribution in [2.75, 3.05) is 11.9 Å². The largest absolute Gasteiger partial charge is 0.484 e. The van der Waals surface area contributed by atoms with Crippen molar-refractivity contribution in [3.63, 3.8) is 0 Å². The molecule has 0 saturated heterocycles. The van der Waals surface area contributed by atoms with Gasteiger partial charge in [0.05, 0.1) is 11.4 Å². The van der Waals surface area contributed by atoms with Gasteiger partial charge in [0, 0.05) is 17.0 Å². The number of aryl methyl sites for hydroxylation is 1. The van der Waals surface area contributed by atoms with Crippen LogP contribution in [0, 0.1) is 12.7 Å². The molecule has 0 atom stereocenters. The van der Waals surface area contributed by atoms with Crippen LogP contribution >= 0.6 is 11.3 Å². The van der Waals surface area contributed by atoms with Crippen molar-refractivity contribution in [2.24, 2.45) is 0 Å². The lowest BCUT2D eigenvalue weighted by Gasteiger charge is -2.08. The topological polar surface area (TPSA) is 69.0 Å². The van der Waals surface area contributed by atoms with E-state index in [0.29, 0.717) is 16.7 Å². The van der Waals surface area contributed by atoms with E-state index in [1.165, 1.54) is 35.6 Å². The summed E-state index contributed by atoms with van der Waals surface area (Å²) < 4.78 is 19.9. The number of hydrogen-bond acceptors (Lipinski definition) is 5. The summed E-state index contributed by atoms with van der Waals surface area (Å²) in [5, 5.41) is 9.82. The second-order valence-corrected chi connectivity index (χ2v) is 7.09. The molecule has 0 aliphatic carbocycles. The van der Waals surface area contributed by atoms with Gasteiger partial charge in [-0.05, 0) is 31.2 Å². The predicted molar refractivity (Wildman–Crippen MR) is 110 cm³/mol. The maximum atomic E-state index is 12.9. The zero-order chi connectivity index (χ0) is 20.2. The van der Waals surface area contributed by atoms with E-state index in [0.717, 1.165) is 17.0 Å². The Labute approximate surface area is 170 Å². The van der Waals surface area contributed by atoms with Gasteiger partial charge in [0.1, 0.15) is 17.4 Å². The zero-order valence-electron chi connectivity index (χ0n) is 15.5. The fourth-order valence-corrected chi connectivity index (χ4v) is 3.49. The molecule has 0 fully saturated rings. The van der Waals surface area contributed by atoms with Crippen LogP contribution in [0.3, 0.4) is 0 Å². The normalized spacial score (nSPS) is 10.7. The number of carbonyl (C=O) groups excluding carboxylic acids is 1. The maximum absolute atomic E-state index is 12.9. The Hall–Kier alpha value is -3.52. The van der Waals surface area contributed by atoms with Gasteiger partial charge in [-0.1, -0.05) is 30.3 Å². The minimum Gasteiger partial charge on any atom is -0.484 e. The van der Waals surface area contributed by atoms with Crippen LogP contribution in [-0.2, 0) is 4.79 Å². The minimum atomic E-state index is -0.362. The van der Waals surface area contributed by atoms with Crippen molar-refractivity contribution in [3.8, 4) is 22.1 Å². The van der Waals surface area contributed by atoms with Crippen molar-refractivity contribution in [1.29, 1.82) is 0 Å². The third-order valence-electron chi connectivity index (χ3n) is 4.03. The average Bonchev–Trinajstić information content (AvgIpc) is 3.35. The lowest BCUT2D eigenvalue weighted by molar-refractivity contribution is -0.118. The van der Waals surface area contributed by atoms with E-state index >= 15 is 0 Å². The van der Waals surface area contributed by atoms with E-state index in [9.17, 15) is 9.18 Å². The number of anilines is 1. The van der Waals surface area contributed by atoms with Gasteiger partial charge in [0.2, 0.25) is 5.13 Å². The highest BCUT2D eigenvalue weighted by Gasteiger charge is 2.15. The molecule has 1 N–H and O–H groups in total. The molecule has 29 heavy (non-hydrogen) atoms. The third kappa shape index (κ3) is 4.49. The summed E-state index contributed by atoms with van der Waals surface area (Å²) in [5.41, 5.74) is 2.60. The number of amides is 1. The van der Waals surface area contributed by atoms with E-state index < -0.39 is 0 Å². The maximum Gasteiger partial charge on any atom is 0.263 e. The second kappa shape index (κ2) is 8.24. The van der Waals surface area contributed by atoms with Gasteiger partial charge < -0.3 is 10.1 Å². The molecule has 0 saturated carbocycles. The molecule has 2 aromatic carbocycles. The SMILES string of the molecule is Cc1cc(NC(=O)COc2ccc(F)cc2)n(-c2nc(-c3ccccc3)cs2)n1. The van der Waals surface area contributed by atoms with Gasteiger partial charge in [-0.25, -0.2) is 9.37 Å². The van der Waals surface area contributed by atoms with E-state index in [4.69, 9.17) is 4.74 Å². The Bertz CT molecular complexity index is 1120. The molecule has 4 rings (SSSR count). The van der Waals surface area contributed by atoms with Crippen LogP contribution < -0.4 is 10.1 Å². The molecule has 4 aromatic rings. The lowest BCUT2D eigenvalue weighted by atomic mass is 10.2. The van der Waals surface area contributed by atoms with Crippen LogP contribution in [0.2, 0.25) is 0 Å². The van der Waals surface area contributed by atoms with Gasteiger partial charge in [-0.2, -0.15) is 9.78 Å². The first-order chi connectivity index (χ1) is 14.1. The van der Waals surface area contributed by atoms with Gasteiger partial charge in [0.15, 0.2) is 6.61 Å². The van der Waals surface area contributed by atoms with Gasteiger partial charge in [-0.3, -0.25) is 4.79 Å². The van der Waals surface area contributed by atoms with E-state index in [-0.39, 0.29) is 18.3 Å². The Morgan fingerprint density at radius 1 is 1.17 bits per heavy atom. The molecule has 8 heteroatoms. The summed E-state index contributed by atoms with van der Waals surface area (Å²) in [7, 11) is 0. The molecule has 2 heterocycles. The van der Waals surface area contributed by atoms with Crippen LogP contribution in [0.1, 0.15) is 5.69 Å². The first kappa shape index (κ1) is 18.8. The van der Waals surface area contributed by atoms with Gasteiger partial charge in [-0.15, -0.1) is 11.3 Å². The lowest BCUT2D eigenvalue weighted by Crippen LogP contribution is -2.21. The highest BCUT2D eigenvalue weighted by atomic mass is 32.1. The summed E-state index contributed by atoms with van der Waals surface area (Å²) in [6.45, 7) is 1.63. The van der Waals surface area contributed by atoms with Crippen molar-refractivity contribution in [3.05, 3.63) is 77.6 Å². The Balaban J connectivity index is 1.48. The number of ether oxygens (including phenoxy) is 1. The number of carbonyl (C=O) groups is 1. The summed E-state index contributed by atoms with van der Waals surface area (Å²) in [4.78, 5) is 16.9. The molecule has 0 radical (unpaired) electrons. The zero-order valence-corrected chi connectivity index (χ0v) is 16.3. The molecule has 0 bridgehead atoms. The molecular formula is C21H17FN4O2S. The van der Waals surface area contributed by atoms with E-state index in [1.54, 1.807) is 10.7 Å². The molecule has 2 aromatic heterocycles. The monoisotopic (exact) mass is 408 g/mol. The standard InChI is InChI=1S/C21H17FN4O2S/c1-14-11-19(24-20(27)12-28-17-9-7-16(22)8-10-17)26(25-14)21-23-18(13-29-21)15-5-3-2-4-6-15/h2-11,13H,12H2,1H3,(H,24,27). The molecule has 0 spiro atoms. The van der Waals surface area contributed by atoms with Crippen molar-refractivity contribution >= 4 is 23.1 Å². The van der Waals surface area contributed by atoms with Crippen LogP contribution in [-0.4, -0.2) is 27.3 Å². The molecule has 6 nitrogen and oxygen atoms in total. The van der Waals surface area contributed by atoms with E-state index in [1.807, 2.05) is 42.6 Å². The van der Waals surface area contributed by atoms with Crippen molar-refractivity contribution in [2.45, 2.75) is 6.92 Å². The smallest absolute Gasteiger partial charge is 0.263 e. The van der Waals surface area contributed by atoms with Gasteiger partial charge in [0.25, 0.3) is 5.91 Å². The fraction of sp³-hybridized carbons (Fsp3) is 0.0952. The average molecular weight is 408 g/mol. The molecule has 0 aliphatic rings. The van der Waals surface area contributed by atoms with Gasteiger partial charge >= 0.3 is 0 Å². The molecule has 0 unspecified atom stereocenters. The van der Waals surface area contributed by atoms with Crippen LogP contribution in [0.25, 0.3) is 16.4 Å². The fourth-order valence-electron chi connectivity index (χ4n) is 2.70. The third-order valence-corrected chi connectivity index (χ3v) is 4.84. The number of rotatable bonds is 6. The number of hydrogen-bond donors (Lipinski definition) is 1. The summed E-state index contributed by atoms with van der Waals surface area (Å²) >= 11 is 1.43. The Morgan fingerprint density at radius 2 is 1.93 bits per heavy atom. The number of thiazole rings is 1. The van der Waals surface area contributed by atoms with Crippen molar-refractivity contribution in [1.82, 2.24) is 14.8 Å². The number of nitrogens with one attached hydrogen (secondary N) is 1. The first-order valence-corrected chi connectivity index (χ1v) is 9.73. The van der Waals surface area contributed by atoms with Crippen LogP contribution in [0.15, 0.2) is 66.0 Å². The highest BCUT2D eigenvalue weighted by Crippen LogP contribution is 2.26. The van der Waals surface area contributed by atoms with Crippen LogP contribution in [0.4, 0.5) is 10.2 Å². The summed E-state index contributed by atoms with van der Waals surface area (Å²) in [6, 6.07) is 17.1. The minimum absolute atomic E-state index is 0.205. The number of nitrogens with zero attached hydrogens (tertiary/aromatic N) is 3. The van der Waals surface area contributed by atoms with E-state index in [2.05, 4.69) is 15.4 Å². The molecule has 146 valence electrons. The van der Waals surface area contributed by atoms with Crippen molar-refractivity contribution < 1.29 is 13.9 Å². The summed E-state index contributed by atoms with van der Waals surface area (Å²) in [5.74, 6) is 0.206. The quantitative estimate of drug-likeness (QED) is 0.511. The number of halogens is 1.